The average Bonchev–Trinajstić information content (AvgIpc) is 3.46. The van der Waals surface area contributed by atoms with Gasteiger partial charge in [0.05, 0.1) is 18.1 Å². The molecule has 5 heterocycles. The van der Waals surface area contributed by atoms with Crippen LogP contribution in [0.5, 0.6) is 5.75 Å². The van der Waals surface area contributed by atoms with Crippen LogP contribution in [-0.4, -0.2) is 66.4 Å². The molecule has 0 bridgehead atoms. The minimum Gasteiger partial charge on any atom is -0.488 e. The Kier molecular flexibility index (Phi) is 5.90. The highest BCUT2D eigenvalue weighted by Gasteiger charge is 2.34. The second kappa shape index (κ2) is 8.72. The lowest BCUT2D eigenvalue weighted by atomic mass is 9.89. The molecule has 178 valence electrons. The maximum Gasteiger partial charge on any atom is 0.266 e. The predicted octanol–water partition coefficient (Wildman–Crippen LogP) is 2.86. The van der Waals surface area contributed by atoms with E-state index < -0.39 is 10.0 Å². The van der Waals surface area contributed by atoms with Crippen molar-refractivity contribution in [1.82, 2.24) is 19.4 Å². The number of hydrogen-bond donors (Lipinski definition) is 0. The normalized spacial score (nSPS) is 22.4. The van der Waals surface area contributed by atoms with Crippen LogP contribution < -0.4 is 9.64 Å². The van der Waals surface area contributed by atoms with E-state index in [1.54, 1.807) is 0 Å². The summed E-state index contributed by atoms with van der Waals surface area (Å²) in [6, 6.07) is 2.12. The van der Waals surface area contributed by atoms with E-state index in [0.29, 0.717) is 37.3 Å². The molecular weight excluding hydrogens is 442 g/mol. The molecule has 0 spiro atoms. The van der Waals surface area contributed by atoms with Gasteiger partial charge in [-0.2, -0.15) is 9.29 Å². The molecule has 2 aromatic rings. The van der Waals surface area contributed by atoms with Crippen LogP contribution in [0.4, 0.5) is 5.95 Å². The summed E-state index contributed by atoms with van der Waals surface area (Å²) in [6.45, 7) is 6.79. The summed E-state index contributed by atoms with van der Waals surface area (Å²) in [5.41, 5.74) is 3.23. The van der Waals surface area contributed by atoms with Crippen LogP contribution >= 0.6 is 0 Å². The molecule has 0 aliphatic carbocycles. The van der Waals surface area contributed by atoms with Crippen molar-refractivity contribution in [2.75, 3.05) is 37.3 Å². The van der Waals surface area contributed by atoms with Gasteiger partial charge in [-0.3, -0.25) is 4.98 Å². The molecule has 0 N–H and O–H groups in total. The molecule has 2 aromatic heterocycles. The van der Waals surface area contributed by atoms with E-state index in [-0.39, 0.29) is 12.0 Å². The molecule has 1 saturated heterocycles. The van der Waals surface area contributed by atoms with Crippen molar-refractivity contribution < 1.29 is 17.7 Å². The smallest absolute Gasteiger partial charge is 0.266 e. The van der Waals surface area contributed by atoms with Crippen molar-refractivity contribution in [3.05, 3.63) is 35.5 Å². The maximum absolute atomic E-state index is 11.7. The Morgan fingerprint density at radius 1 is 1.18 bits per heavy atom. The summed E-state index contributed by atoms with van der Waals surface area (Å²) in [7, 11) is -3.15. The summed E-state index contributed by atoms with van der Waals surface area (Å²) >= 11 is 0. The molecule has 0 radical (unpaired) electrons. The van der Waals surface area contributed by atoms with Gasteiger partial charge < -0.3 is 14.2 Å². The Balaban J connectivity index is 1.20. The Hall–Kier alpha value is -2.46. The topological polar surface area (TPSA) is 102 Å². The molecule has 0 saturated carbocycles. The number of pyridine rings is 1. The zero-order chi connectivity index (χ0) is 23.2. The summed E-state index contributed by atoms with van der Waals surface area (Å²) < 4.78 is 36.6. The number of rotatable bonds is 5. The number of fused-ring (bicyclic) bond motifs is 1. The van der Waals surface area contributed by atoms with Gasteiger partial charge in [0, 0.05) is 44.1 Å². The maximum atomic E-state index is 11.7. The van der Waals surface area contributed by atoms with Crippen LogP contribution in [0.1, 0.15) is 56.2 Å². The quantitative estimate of drug-likeness (QED) is 0.653. The van der Waals surface area contributed by atoms with Gasteiger partial charge in [-0.15, -0.1) is 0 Å². The highest BCUT2D eigenvalue weighted by Crippen LogP contribution is 2.37. The van der Waals surface area contributed by atoms with Gasteiger partial charge >= 0.3 is 0 Å². The number of nitrogens with zero attached hydrogens (tertiary/aromatic N) is 5. The fraction of sp³-hybridized carbons (Fsp3) is 0.609. The van der Waals surface area contributed by atoms with Gasteiger partial charge in [0.1, 0.15) is 11.9 Å². The van der Waals surface area contributed by atoms with Crippen LogP contribution in [0.3, 0.4) is 0 Å². The van der Waals surface area contributed by atoms with E-state index in [2.05, 4.69) is 26.1 Å². The molecule has 5 rings (SSSR count). The van der Waals surface area contributed by atoms with Gasteiger partial charge in [0.2, 0.25) is 15.9 Å². The first-order chi connectivity index (χ1) is 15.8. The van der Waals surface area contributed by atoms with E-state index in [1.807, 2.05) is 26.1 Å². The van der Waals surface area contributed by atoms with Crippen molar-refractivity contribution in [3.8, 4) is 5.75 Å². The standard InChI is InChI=1S/C23H31N5O4S/c1-15(2)22-25-23(26-32-22)27-8-4-17(5-9-27)20-13-18-12-19(24-14-21(18)31-20)16-6-10-28(11-7-16)33(3,29)30/h6,12,14-15,17,20H,4-5,7-11,13H2,1-3H3/t20-/m0/s1. The van der Waals surface area contributed by atoms with E-state index in [1.165, 1.54) is 16.1 Å². The summed E-state index contributed by atoms with van der Waals surface area (Å²) in [4.78, 5) is 11.3. The number of ether oxygens (including phenoxy) is 1. The van der Waals surface area contributed by atoms with E-state index >= 15 is 0 Å². The molecule has 0 unspecified atom stereocenters. The molecule has 1 atom stereocenters. The lowest BCUT2D eigenvalue weighted by Crippen LogP contribution is -2.39. The Morgan fingerprint density at radius 3 is 2.61 bits per heavy atom. The van der Waals surface area contributed by atoms with Gasteiger partial charge in [0.15, 0.2) is 0 Å². The number of aromatic nitrogens is 3. The summed E-state index contributed by atoms with van der Waals surface area (Å²) in [6.07, 6.45) is 8.84. The first kappa shape index (κ1) is 22.3. The zero-order valence-electron chi connectivity index (χ0n) is 19.4. The third-order valence-electron chi connectivity index (χ3n) is 6.89. The molecule has 0 aromatic carbocycles. The lowest BCUT2D eigenvalue weighted by Gasteiger charge is -2.33. The Morgan fingerprint density at radius 2 is 1.97 bits per heavy atom. The molecule has 10 heteroatoms. The van der Waals surface area contributed by atoms with Gasteiger partial charge in [-0.1, -0.05) is 19.9 Å². The zero-order valence-corrected chi connectivity index (χ0v) is 20.2. The van der Waals surface area contributed by atoms with Gasteiger partial charge in [0.25, 0.3) is 5.95 Å². The molecular formula is C23H31N5O4S. The van der Waals surface area contributed by atoms with Crippen molar-refractivity contribution in [2.45, 2.75) is 51.6 Å². The lowest BCUT2D eigenvalue weighted by molar-refractivity contribution is 0.138. The fourth-order valence-electron chi connectivity index (χ4n) is 4.86. The van der Waals surface area contributed by atoms with Crippen molar-refractivity contribution >= 4 is 21.5 Å². The summed E-state index contributed by atoms with van der Waals surface area (Å²) in [5.74, 6) is 2.96. The third-order valence-corrected chi connectivity index (χ3v) is 8.16. The number of anilines is 1. The van der Waals surface area contributed by atoms with Crippen LogP contribution in [-0.2, 0) is 16.4 Å². The minimum atomic E-state index is -3.15. The molecule has 1 fully saturated rings. The van der Waals surface area contributed by atoms with E-state index in [4.69, 9.17) is 9.26 Å². The number of sulfonamides is 1. The number of hydrogen-bond acceptors (Lipinski definition) is 8. The third kappa shape index (κ3) is 4.63. The second-order valence-corrected chi connectivity index (χ2v) is 11.5. The van der Waals surface area contributed by atoms with E-state index in [0.717, 1.165) is 49.4 Å². The predicted molar refractivity (Wildman–Crippen MR) is 125 cm³/mol. The molecule has 0 amide bonds. The first-order valence-corrected chi connectivity index (χ1v) is 13.5. The second-order valence-electron chi connectivity index (χ2n) is 9.55. The van der Waals surface area contributed by atoms with E-state index in [9.17, 15) is 8.42 Å². The monoisotopic (exact) mass is 473 g/mol. The SMILES string of the molecule is CC(C)c1nc(N2CCC([C@@H]3Cc4cc(C5=CCN(S(C)(=O)=O)CC5)ncc4O3)CC2)no1. The first-order valence-electron chi connectivity index (χ1n) is 11.7. The average molecular weight is 474 g/mol. The van der Waals surface area contributed by atoms with Crippen molar-refractivity contribution in [3.63, 3.8) is 0 Å². The highest BCUT2D eigenvalue weighted by atomic mass is 32.2. The largest absolute Gasteiger partial charge is 0.488 e. The molecule has 9 nitrogen and oxygen atoms in total. The Labute approximate surface area is 194 Å². The van der Waals surface area contributed by atoms with Crippen LogP contribution in [0.15, 0.2) is 22.9 Å². The van der Waals surface area contributed by atoms with Crippen LogP contribution in [0.2, 0.25) is 0 Å². The summed E-state index contributed by atoms with van der Waals surface area (Å²) in [5, 5.41) is 4.15. The molecule has 3 aliphatic rings. The minimum absolute atomic E-state index is 0.164. The number of piperidine rings is 1. The highest BCUT2D eigenvalue weighted by molar-refractivity contribution is 7.88. The van der Waals surface area contributed by atoms with Crippen LogP contribution in [0, 0.1) is 5.92 Å². The van der Waals surface area contributed by atoms with Crippen LogP contribution in [0.25, 0.3) is 5.57 Å². The van der Waals surface area contributed by atoms with Crippen molar-refractivity contribution in [1.29, 1.82) is 0 Å². The fourth-order valence-corrected chi connectivity index (χ4v) is 5.62. The van der Waals surface area contributed by atoms with Crippen molar-refractivity contribution in [2.24, 2.45) is 5.92 Å². The van der Waals surface area contributed by atoms with Gasteiger partial charge in [-0.05, 0) is 42.0 Å². The van der Waals surface area contributed by atoms with Gasteiger partial charge in [-0.25, -0.2) is 8.42 Å². The molecule has 3 aliphatic heterocycles. The Bertz CT molecular complexity index is 1150. The molecule has 33 heavy (non-hydrogen) atoms.